The maximum absolute atomic E-state index is 9.96. The molecule has 1 aliphatic heterocycles. The maximum Gasteiger partial charge on any atom is 0.189 e. The second-order valence-electron chi connectivity index (χ2n) is 7.30. The molecule has 1 aromatic rings. The van der Waals surface area contributed by atoms with Crippen molar-refractivity contribution in [3.05, 3.63) is 41.7 Å². The average molecular weight is 345 g/mol. The van der Waals surface area contributed by atoms with Gasteiger partial charge in [0.05, 0.1) is 43.1 Å². The molecule has 0 bridgehead atoms. The van der Waals surface area contributed by atoms with Gasteiger partial charge in [-0.2, -0.15) is 15.8 Å². The molecule has 0 spiro atoms. The fourth-order valence-corrected chi connectivity index (χ4v) is 4.34. The van der Waals surface area contributed by atoms with Gasteiger partial charge in [0.15, 0.2) is 5.41 Å². The first-order valence-corrected chi connectivity index (χ1v) is 8.75. The Labute approximate surface area is 153 Å². The molecule has 2 N–H and O–H groups in total. The molecule has 1 aliphatic carbocycles. The molecule has 6 nitrogen and oxygen atoms in total. The predicted octanol–water partition coefficient (Wildman–Crippen LogP) is 1.22. The molecule has 0 saturated heterocycles. The van der Waals surface area contributed by atoms with E-state index in [1.165, 1.54) is 4.90 Å². The molecule has 6 heteroatoms. The first-order chi connectivity index (χ1) is 12.5. The van der Waals surface area contributed by atoms with Gasteiger partial charge in [0.1, 0.15) is 5.92 Å². The van der Waals surface area contributed by atoms with Crippen LogP contribution in [-0.4, -0.2) is 29.8 Å². The van der Waals surface area contributed by atoms with Gasteiger partial charge in [-0.05, 0) is 43.2 Å². The SMILES string of the molecule is CC(C)[NH+]1CC=C2C(C#N)C(=N)C(C#N)(C#N)[C@@H](c3ccncc3)[C@@H]2C1. The summed E-state index contributed by atoms with van der Waals surface area (Å²) < 4.78 is 0. The van der Waals surface area contributed by atoms with Gasteiger partial charge in [-0.15, -0.1) is 0 Å². The molecule has 2 heterocycles. The predicted molar refractivity (Wildman–Crippen MR) is 94.9 cm³/mol. The lowest BCUT2D eigenvalue weighted by molar-refractivity contribution is -0.920. The van der Waals surface area contributed by atoms with E-state index in [-0.39, 0.29) is 11.6 Å². The van der Waals surface area contributed by atoms with Crippen LogP contribution in [0.1, 0.15) is 25.3 Å². The van der Waals surface area contributed by atoms with Gasteiger partial charge in [0, 0.05) is 24.2 Å². The minimum atomic E-state index is -1.64. The van der Waals surface area contributed by atoms with E-state index in [4.69, 9.17) is 5.41 Å². The highest BCUT2D eigenvalue weighted by Crippen LogP contribution is 2.52. The van der Waals surface area contributed by atoms with Crippen molar-refractivity contribution in [3.63, 3.8) is 0 Å². The van der Waals surface area contributed by atoms with Gasteiger partial charge in [0.25, 0.3) is 0 Å². The first-order valence-electron chi connectivity index (χ1n) is 8.75. The van der Waals surface area contributed by atoms with Crippen LogP contribution in [-0.2, 0) is 0 Å². The van der Waals surface area contributed by atoms with Gasteiger partial charge in [0.2, 0.25) is 0 Å². The molecule has 1 saturated carbocycles. The number of nitrogens with one attached hydrogen (secondary N) is 2. The number of pyridine rings is 1. The highest BCUT2D eigenvalue weighted by Gasteiger charge is 2.58. The first kappa shape index (κ1) is 17.8. The van der Waals surface area contributed by atoms with Crippen molar-refractivity contribution in [1.29, 1.82) is 21.2 Å². The Balaban J connectivity index is 2.23. The lowest BCUT2D eigenvalue weighted by atomic mass is 9.54. The number of rotatable bonds is 2. The summed E-state index contributed by atoms with van der Waals surface area (Å²) in [7, 11) is 0. The van der Waals surface area contributed by atoms with Crippen molar-refractivity contribution in [2.45, 2.75) is 25.8 Å². The fraction of sp³-hybridized carbons (Fsp3) is 0.450. The summed E-state index contributed by atoms with van der Waals surface area (Å²) in [6.45, 7) is 5.82. The van der Waals surface area contributed by atoms with Crippen LogP contribution in [0.4, 0.5) is 0 Å². The Hall–Kier alpha value is -3.01. The van der Waals surface area contributed by atoms with E-state index < -0.39 is 17.3 Å². The van der Waals surface area contributed by atoms with Crippen molar-refractivity contribution in [2.24, 2.45) is 17.3 Å². The summed E-state index contributed by atoms with van der Waals surface area (Å²) in [5.41, 5.74) is -0.0132. The van der Waals surface area contributed by atoms with Crippen molar-refractivity contribution < 1.29 is 4.90 Å². The molecule has 3 rings (SSSR count). The third kappa shape index (κ3) is 2.49. The summed E-state index contributed by atoms with van der Waals surface area (Å²) in [4.78, 5) is 5.40. The standard InChI is InChI=1S/C20H20N6/c1-13(2)26-8-5-15-16(9-21)19(24)20(11-22,12-23)18(17(15)10-26)14-3-6-25-7-4-14/h3-7,13,16-18,24H,8,10H2,1-2H3/p+1/t16?,17-,18+/m1/s1. The van der Waals surface area contributed by atoms with E-state index in [2.05, 4.69) is 43.1 Å². The Bertz CT molecular complexity index is 850. The topological polar surface area (TPSA) is 113 Å². The molecule has 26 heavy (non-hydrogen) atoms. The largest absolute Gasteiger partial charge is 0.329 e. The Kier molecular flexibility index (Phi) is 4.60. The van der Waals surface area contributed by atoms with Crippen LogP contribution in [0.3, 0.4) is 0 Å². The zero-order chi connectivity index (χ0) is 18.9. The van der Waals surface area contributed by atoms with Crippen molar-refractivity contribution in [2.75, 3.05) is 13.1 Å². The fourth-order valence-electron chi connectivity index (χ4n) is 4.34. The van der Waals surface area contributed by atoms with Gasteiger partial charge in [-0.3, -0.25) is 4.98 Å². The highest BCUT2D eigenvalue weighted by molar-refractivity contribution is 6.00. The molecule has 0 amide bonds. The highest BCUT2D eigenvalue weighted by atomic mass is 15.2. The van der Waals surface area contributed by atoms with Crippen LogP contribution < -0.4 is 4.90 Å². The zero-order valence-electron chi connectivity index (χ0n) is 14.9. The lowest BCUT2D eigenvalue weighted by Gasteiger charge is -2.46. The Morgan fingerprint density at radius 2 is 1.88 bits per heavy atom. The van der Waals surface area contributed by atoms with Crippen molar-refractivity contribution in [1.82, 2.24) is 4.98 Å². The van der Waals surface area contributed by atoms with E-state index in [1.807, 2.05) is 12.1 Å². The number of hydrogen-bond acceptors (Lipinski definition) is 5. The molecule has 0 radical (unpaired) electrons. The molecular formula is C20H21N6+. The monoisotopic (exact) mass is 345 g/mol. The number of hydrogen-bond donors (Lipinski definition) is 2. The number of aromatic nitrogens is 1. The summed E-state index contributed by atoms with van der Waals surface area (Å²) >= 11 is 0. The number of nitriles is 3. The molecule has 0 aromatic carbocycles. The minimum absolute atomic E-state index is 0.0951. The van der Waals surface area contributed by atoms with Crippen LogP contribution >= 0.6 is 0 Å². The van der Waals surface area contributed by atoms with Crippen LogP contribution in [0.5, 0.6) is 0 Å². The molecule has 1 fully saturated rings. The van der Waals surface area contributed by atoms with Gasteiger partial charge in [-0.1, -0.05) is 0 Å². The summed E-state index contributed by atoms with van der Waals surface area (Å²) in [6, 6.07) is 10.4. The van der Waals surface area contributed by atoms with Crippen LogP contribution in [0, 0.1) is 56.7 Å². The maximum atomic E-state index is 9.96. The second kappa shape index (κ2) is 6.71. The third-order valence-corrected chi connectivity index (χ3v) is 5.79. The summed E-state index contributed by atoms with van der Waals surface area (Å²) in [5, 5.41) is 38.2. The average Bonchev–Trinajstić information content (AvgIpc) is 2.67. The zero-order valence-corrected chi connectivity index (χ0v) is 14.9. The smallest absolute Gasteiger partial charge is 0.189 e. The van der Waals surface area contributed by atoms with Gasteiger partial charge >= 0.3 is 0 Å². The normalized spacial score (nSPS) is 29.7. The minimum Gasteiger partial charge on any atom is -0.329 e. The van der Waals surface area contributed by atoms with Gasteiger partial charge < -0.3 is 10.3 Å². The molecular weight excluding hydrogens is 324 g/mol. The van der Waals surface area contributed by atoms with Crippen molar-refractivity contribution in [3.8, 4) is 18.2 Å². The number of nitrogens with zero attached hydrogens (tertiary/aromatic N) is 4. The second-order valence-corrected chi connectivity index (χ2v) is 7.30. The van der Waals surface area contributed by atoms with E-state index >= 15 is 0 Å². The number of quaternary nitrogens is 1. The van der Waals surface area contributed by atoms with E-state index in [1.54, 1.807) is 12.4 Å². The van der Waals surface area contributed by atoms with Crippen LogP contribution in [0.15, 0.2) is 36.2 Å². The lowest BCUT2D eigenvalue weighted by Crippen LogP contribution is -3.16. The summed E-state index contributed by atoms with van der Waals surface area (Å²) in [5.74, 6) is -1.40. The van der Waals surface area contributed by atoms with Crippen LogP contribution in [0.2, 0.25) is 0 Å². The van der Waals surface area contributed by atoms with Crippen molar-refractivity contribution >= 4 is 5.71 Å². The van der Waals surface area contributed by atoms with Crippen LogP contribution in [0.25, 0.3) is 0 Å². The molecule has 2 aliphatic rings. The number of fused-ring (bicyclic) bond motifs is 1. The Morgan fingerprint density at radius 3 is 2.42 bits per heavy atom. The molecule has 4 atom stereocenters. The summed E-state index contributed by atoms with van der Waals surface area (Å²) in [6.07, 6.45) is 5.35. The van der Waals surface area contributed by atoms with E-state index in [0.29, 0.717) is 6.04 Å². The molecule has 1 aromatic heterocycles. The Morgan fingerprint density at radius 1 is 1.23 bits per heavy atom. The quantitative estimate of drug-likeness (QED) is 0.785. The molecule has 130 valence electrons. The van der Waals surface area contributed by atoms with Gasteiger partial charge in [-0.25, -0.2) is 0 Å². The van der Waals surface area contributed by atoms with E-state index in [9.17, 15) is 15.8 Å². The third-order valence-electron chi connectivity index (χ3n) is 5.79. The van der Waals surface area contributed by atoms with E-state index in [0.717, 1.165) is 24.2 Å². The molecule has 2 unspecified atom stereocenters.